The third-order valence-electron chi connectivity index (χ3n) is 1.74. The van der Waals surface area contributed by atoms with Gasteiger partial charge in [0.1, 0.15) is 5.75 Å². The molecule has 4 nitrogen and oxygen atoms in total. The molecule has 0 aromatic carbocycles. The fourth-order valence-electron chi connectivity index (χ4n) is 1.08. The van der Waals surface area contributed by atoms with Crippen molar-refractivity contribution in [1.29, 1.82) is 0 Å². The zero-order valence-electron chi connectivity index (χ0n) is 7.91. The minimum atomic E-state index is -2.69. The molecule has 0 bridgehead atoms. The lowest BCUT2D eigenvalue weighted by Gasteiger charge is -2.08. The Morgan fingerprint density at radius 2 is 2.33 bits per heavy atom. The van der Waals surface area contributed by atoms with E-state index >= 15 is 0 Å². The Hall–Kier alpha value is -1.72. The SMILES string of the molecule is COc1cc(CC(=O)O)ncc1C(F)F. The van der Waals surface area contributed by atoms with Crippen molar-refractivity contribution in [1.82, 2.24) is 4.98 Å². The Kier molecular flexibility index (Phi) is 3.54. The minimum Gasteiger partial charge on any atom is -0.496 e. The molecule has 6 heteroatoms. The number of aliphatic carboxylic acids is 1. The molecule has 15 heavy (non-hydrogen) atoms. The Labute approximate surface area is 84.5 Å². The van der Waals surface area contributed by atoms with E-state index < -0.39 is 12.4 Å². The largest absolute Gasteiger partial charge is 0.496 e. The van der Waals surface area contributed by atoms with Gasteiger partial charge in [-0.2, -0.15) is 0 Å². The summed E-state index contributed by atoms with van der Waals surface area (Å²) in [5.41, 5.74) is -0.157. The van der Waals surface area contributed by atoms with E-state index in [1.165, 1.54) is 13.2 Å². The molecule has 0 spiro atoms. The van der Waals surface area contributed by atoms with Gasteiger partial charge < -0.3 is 9.84 Å². The first-order chi connectivity index (χ1) is 7.04. The predicted octanol–water partition coefficient (Wildman–Crippen LogP) is 1.65. The third kappa shape index (κ3) is 2.87. The number of alkyl halides is 2. The Morgan fingerprint density at radius 3 is 2.80 bits per heavy atom. The van der Waals surface area contributed by atoms with E-state index in [2.05, 4.69) is 4.98 Å². The molecule has 0 amide bonds. The predicted molar refractivity (Wildman–Crippen MR) is 47.1 cm³/mol. The van der Waals surface area contributed by atoms with E-state index in [1.54, 1.807) is 0 Å². The van der Waals surface area contributed by atoms with Crippen LogP contribution in [0.2, 0.25) is 0 Å². The molecule has 0 atom stereocenters. The van der Waals surface area contributed by atoms with Crippen LogP contribution in [-0.2, 0) is 11.2 Å². The molecule has 0 radical (unpaired) electrons. The Bertz CT molecular complexity index is 368. The lowest BCUT2D eigenvalue weighted by Crippen LogP contribution is -2.04. The average molecular weight is 217 g/mol. The molecule has 82 valence electrons. The molecule has 0 aliphatic rings. The van der Waals surface area contributed by atoms with Crippen LogP contribution in [0.3, 0.4) is 0 Å². The van der Waals surface area contributed by atoms with Gasteiger partial charge in [0, 0.05) is 12.3 Å². The monoisotopic (exact) mass is 217 g/mol. The van der Waals surface area contributed by atoms with Crippen molar-refractivity contribution in [3.8, 4) is 5.75 Å². The summed E-state index contributed by atoms with van der Waals surface area (Å²) in [5, 5.41) is 8.48. The normalized spacial score (nSPS) is 10.4. The number of hydrogen-bond donors (Lipinski definition) is 1. The van der Waals surface area contributed by atoms with Crippen LogP contribution >= 0.6 is 0 Å². The maximum atomic E-state index is 12.4. The van der Waals surface area contributed by atoms with Gasteiger partial charge in [0.15, 0.2) is 0 Å². The summed E-state index contributed by atoms with van der Waals surface area (Å²) in [5.74, 6) is -1.12. The molecular weight excluding hydrogens is 208 g/mol. The number of hydrogen-bond acceptors (Lipinski definition) is 3. The van der Waals surface area contributed by atoms with Crippen LogP contribution in [0, 0.1) is 0 Å². The number of ether oxygens (including phenoxy) is 1. The number of carboxylic acid groups (broad SMARTS) is 1. The van der Waals surface area contributed by atoms with Crippen molar-refractivity contribution in [2.75, 3.05) is 7.11 Å². The fourth-order valence-corrected chi connectivity index (χ4v) is 1.08. The standard InChI is InChI=1S/C9H9F2NO3/c1-15-7-2-5(3-8(13)14)12-4-6(7)9(10)11/h2,4,9H,3H2,1H3,(H,13,14). The highest BCUT2D eigenvalue weighted by atomic mass is 19.3. The number of methoxy groups -OCH3 is 1. The zero-order chi connectivity index (χ0) is 11.4. The summed E-state index contributed by atoms with van der Waals surface area (Å²) < 4.78 is 29.5. The number of aromatic nitrogens is 1. The molecule has 0 unspecified atom stereocenters. The lowest BCUT2D eigenvalue weighted by molar-refractivity contribution is -0.136. The Morgan fingerprint density at radius 1 is 1.67 bits per heavy atom. The van der Waals surface area contributed by atoms with Gasteiger partial charge >= 0.3 is 5.97 Å². The molecule has 0 saturated carbocycles. The topological polar surface area (TPSA) is 59.4 Å². The molecule has 1 aromatic rings. The second-order valence-electron chi connectivity index (χ2n) is 2.79. The first-order valence-corrected chi connectivity index (χ1v) is 4.07. The van der Waals surface area contributed by atoms with Crippen molar-refractivity contribution >= 4 is 5.97 Å². The lowest BCUT2D eigenvalue weighted by atomic mass is 10.2. The van der Waals surface area contributed by atoms with Gasteiger partial charge in [0.25, 0.3) is 6.43 Å². The summed E-state index contributed by atoms with van der Waals surface area (Å²) in [4.78, 5) is 14.0. The summed E-state index contributed by atoms with van der Waals surface area (Å²) in [7, 11) is 1.24. The number of halogens is 2. The summed E-state index contributed by atoms with van der Waals surface area (Å²) in [6.45, 7) is 0. The number of carboxylic acids is 1. The van der Waals surface area contributed by atoms with Gasteiger partial charge in [-0.05, 0) is 0 Å². The van der Waals surface area contributed by atoms with Gasteiger partial charge in [-0.25, -0.2) is 8.78 Å². The van der Waals surface area contributed by atoms with E-state index in [0.717, 1.165) is 6.20 Å². The summed E-state index contributed by atoms with van der Waals surface area (Å²) >= 11 is 0. The van der Waals surface area contributed by atoms with E-state index in [-0.39, 0.29) is 23.4 Å². The van der Waals surface area contributed by atoms with Crippen LogP contribution in [-0.4, -0.2) is 23.2 Å². The molecule has 0 saturated heterocycles. The quantitative estimate of drug-likeness (QED) is 0.833. The number of rotatable bonds is 4. The van der Waals surface area contributed by atoms with Crippen molar-refractivity contribution in [2.24, 2.45) is 0 Å². The highest BCUT2D eigenvalue weighted by Gasteiger charge is 2.15. The van der Waals surface area contributed by atoms with Gasteiger partial charge in [-0.15, -0.1) is 0 Å². The van der Waals surface area contributed by atoms with Crippen LogP contribution in [0.25, 0.3) is 0 Å². The molecule has 1 rings (SSSR count). The molecule has 1 N–H and O–H groups in total. The fraction of sp³-hybridized carbons (Fsp3) is 0.333. The van der Waals surface area contributed by atoms with Crippen molar-refractivity contribution < 1.29 is 23.4 Å². The highest BCUT2D eigenvalue weighted by Crippen LogP contribution is 2.28. The van der Waals surface area contributed by atoms with Crippen molar-refractivity contribution in [2.45, 2.75) is 12.8 Å². The molecule has 0 fully saturated rings. The van der Waals surface area contributed by atoms with E-state index in [0.29, 0.717) is 0 Å². The first kappa shape index (κ1) is 11.4. The van der Waals surface area contributed by atoms with Gasteiger partial charge in [0.2, 0.25) is 0 Å². The number of carbonyl (C=O) groups is 1. The summed E-state index contributed by atoms with van der Waals surface area (Å²) in [6.07, 6.45) is -2.08. The highest BCUT2D eigenvalue weighted by molar-refractivity contribution is 5.69. The minimum absolute atomic E-state index is 0.0451. The smallest absolute Gasteiger partial charge is 0.309 e. The van der Waals surface area contributed by atoms with Gasteiger partial charge in [-0.3, -0.25) is 9.78 Å². The molecular formula is C9H9F2NO3. The van der Waals surface area contributed by atoms with Crippen LogP contribution in [0.5, 0.6) is 5.75 Å². The molecule has 1 aromatic heterocycles. The molecule has 0 aliphatic carbocycles. The first-order valence-electron chi connectivity index (χ1n) is 4.07. The van der Waals surface area contributed by atoms with E-state index in [1.807, 2.05) is 0 Å². The second kappa shape index (κ2) is 4.68. The summed E-state index contributed by atoms with van der Waals surface area (Å²) in [6, 6.07) is 1.20. The maximum Gasteiger partial charge on any atom is 0.309 e. The average Bonchev–Trinajstić information content (AvgIpc) is 2.16. The second-order valence-corrected chi connectivity index (χ2v) is 2.79. The van der Waals surface area contributed by atoms with E-state index in [4.69, 9.17) is 9.84 Å². The number of pyridine rings is 1. The number of nitrogens with zero attached hydrogens (tertiary/aromatic N) is 1. The van der Waals surface area contributed by atoms with Gasteiger partial charge in [0.05, 0.1) is 24.8 Å². The van der Waals surface area contributed by atoms with Crippen molar-refractivity contribution in [3.63, 3.8) is 0 Å². The zero-order valence-corrected chi connectivity index (χ0v) is 7.91. The van der Waals surface area contributed by atoms with Gasteiger partial charge in [-0.1, -0.05) is 0 Å². The maximum absolute atomic E-state index is 12.4. The van der Waals surface area contributed by atoms with E-state index in [9.17, 15) is 13.6 Å². The van der Waals surface area contributed by atoms with Crippen LogP contribution in [0.15, 0.2) is 12.3 Å². The molecule has 1 heterocycles. The third-order valence-corrected chi connectivity index (χ3v) is 1.74. The van der Waals surface area contributed by atoms with Crippen LogP contribution in [0.1, 0.15) is 17.7 Å². The van der Waals surface area contributed by atoms with Crippen LogP contribution in [0.4, 0.5) is 8.78 Å². The van der Waals surface area contributed by atoms with Crippen LogP contribution < -0.4 is 4.74 Å². The van der Waals surface area contributed by atoms with Crippen molar-refractivity contribution in [3.05, 3.63) is 23.5 Å². The Balaban J connectivity index is 3.02. The molecule has 0 aliphatic heterocycles.